The molecule has 200 valence electrons. The first kappa shape index (κ1) is 27.5. The molecule has 2 aliphatic rings. The molecule has 2 aromatic rings. The molecule has 2 unspecified atom stereocenters. The number of ether oxygens (including phenoxy) is 1. The van der Waals surface area contributed by atoms with Crippen molar-refractivity contribution in [3.8, 4) is 5.75 Å². The third-order valence-electron chi connectivity index (χ3n) is 8.83. The van der Waals surface area contributed by atoms with E-state index in [9.17, 15) is 5.11 Å². The summed E-state index contributed by atoms with van der Waals surface area (Å²) < 4.78 is 5.68. The number of aryl methyl sites for hydroxylation is 1. The van der Waals surface area contributed by atoms with E-state index in [0.717, 1.165) is 51.1 Å². The first-order valence-electron chi connectivity index (χ1n) is 14.0. The molecule has 3 atom stereocenters. The molecule has 0 spiro atoms. The van der Waals surface area contributed by atoms with Crippen molar-refractivity contribution < 1.29 is 9.84 Å². The number of allylic oxidation sites excluding steroid dienone is 1. The number of methoxy groups -OCH3 is 1. The zero-order chi connectivity index (χ0) is 26.6. The maximum atomic E-state index is 9.91. The Morgan fingerprint density at radius 3 is 2.41 bits per heavy atom. The number of benzene rings is 2. The van der Waals surface area contributed by atoms with Gasteiger partial charge in [0.1, 0.15) is 11.5 Å². The van der Waals surface area contributed by atoms with E-state index in [-0.39, 0.29) is 5.54 Å². The predicted molar refractivity (Wildman–Crippen MR) is 154 cm³/mol. The largest absolute Gasteiger partial charge is 0.508 e. The molecule has 0 radical (unpaired) electrons. The van der Waals surface area contributed by atoms with Gasteiger partial charge in [-0.1, -0.05) is 50.3 Å². The molecule has 0 amide bonds. The van der Waals surface area contributed by atoms with Gasteiger partial charge in [-0.05, 0) is 118 Å². The van der Waals surface area contributed by atoms with Crippen LogP contribution in [0.4, 0.5) is 0 Å². The van der Waals surface area contributed by atoms with Gasteiger partial charge in [-0.2, -0.15) is 0 Å². The Hall–Kier alpha value is -2.56. The monoisotopic (exact) mass is 502 g/mol. The minimum absolute atomic E-state index is 0.145. The number of phenolic OH excluding ortho intramolecular Hbond substituents is 1. The van der Waals surface area contributed by atoms with Crippen molar-refractivity contribution in [1.29, 1.82) is 0 Å². The highest BCUT2D eigenvalue weighted by molar-refractivity contribution is 5.37. The van der Waals surface area contributed by atoms with E-state index in [1.165, 1.54) is 22.3 Å². The predicted octanol–water partition coefficient (Wildman–Crippen LogP) is 6.38. The van der Waals surface area contributed by atoms with Gasteiger partial charge in [0.15, 0.2) is 0 Å². The Kier molecular flexibility index (Phi) is 8.82. The van der Waals surface area contributed by atoms with Crippen molar-refractivity contribution in [2.45, 2.75) is 71.5 Å². The van der Waals surface area contributed by atoms with Crippen LogP contribution >= 0.6 is 0 Å². The summed E-state index contributed by atoms with van der Waals surface area (Å²) in [5, 5.41) is 9.91. The summed E-state index contributed by atoms with van der Waals surface area (Å²) in [5.74, 6) is 2.34. The zero-order valence-corrected chi connectivity index (χ0v) is 23.7. The lowest BCUT2D eigenvalue weighted by Gasteiger charge is -2.41. The Morgan fingerprint density at radius 2 is 1.73 bits per heavy atom. The summed E-state index contributed by atoms with van der Waals surface area (Å²) in [6.07, 6.45) is 11.2. The SMILES string of the molecule is CCN(Cc1ccc(CC(C)(C)N(C)CC)cc1)C1C=C(OC)C=CC1[C@@H]1CCc2cc(O)ccc2C1. The van der Waals surface area contributed by atoms with E-state index in [1.807, 2.05) is 12.1 Å². The first-order valence-corrected chi connectivity index (χ1v) is 14.0. The number of likely N-dealkylation sites (N-methyl/N-ethyl adjacent to an activating group) is 2. The normalized spacial score (nSPS) is 21.7. The molecule has 37 heavy (non-hydrogen) atoms. The van der Waals surface area contributed by atoms with Crippen LogP contribution in [0, 0.1) is 11.8 Å². The van der Waals surface area contributed by atoms with E-state index in [2.05, 4.69) is 93.1 Å². The summed E-state index contributed by atoms with van der Waals surface area (Å²) in [6.45, 7) is 12.1. The fraction of sp³-hybridized carbons (Fsp3) is 0.515. The van der Waals surface area contributed by atoms with E-state index in [0.29, 0.717) is 23.6 Å². The van der Waals surface area contributed by atoms with Crippen LogP contribution in [0.1, 0.15) is 56.4 Å². The molecular weight excluding hydrogens is 456 g/mol. The van der Waals surface area contributed by atoms with Gasteiger partial charge >= 0.3 is 0 Å². The summed E-state index contributed by atoms with van der Waals surface area (Å²) in [7, 11) is 3.97. The second-order valence-electron chi connectivity index (χ2n) is 11.5. The maximum absolute atomic E-state index is 9.91. The van der Waals surface area contributed by atoms with Gasteiger partial charge in [-0.15, -0.1) is 0 Å². The average Bonchev–Trinajstić information content (AvgIpc) is 2.91. The Morgan fingerprint density at radius 1 is 1.00 bits per heavy atom. The molecule has 1 N–H and O–H groups in total. The molecule has 0 saturated carbocycles. The molecule has 0 heterocycles. The number of aromatic hydroxyl groups is 1. The Labute approximate surface area is 224 Å². The van der Waals surface area contributed by atoms with Crippen LogP contribution < -0.4 is 0 Å². The molecule has 2 aliphatic carbocycles. The van der Waals surface area contributed by atoms with E-state index in [4.69, 9.17) is 4.74 Å². The Bertz CT molecular complexity index is 1100. The van der Waals surface area contributed by atoms with Crippen LogP contribution in [-0.2, 0) is 30.5 Å². The molecule has 0 aliphatic heterocycles. The minimum atomic E-state index is 0.145. The zero-order valence-electron chi connectivity index (χ0n) is 23.7. The average molecular weight is 503 g/mol. The van der Waals surface area contributed by atoms with Gasteiger partial charge in [0.2, 0.25) is 0 Å². The van der Waals surface area contributed by atoms with Crippen LogP contribution in [0.25, 0.3) is 0 Å². The van der Waals surface area contributed by atoms with Crippen LogP contribution in [0.2, 0.25) is 0 Å². The summed E-state index contributed by atoms with van der Waals surface area (Å²) in [6, 6.07) is 15.5. The summed E-state index contributed by atoms with van der Waals surface area (Å²) >= 11 is 0. The van der Waals surface area contributed by atoms with Gasteiger partial charge in [-0.3, -0.25) is 4.90 Å². The van der Waals surface area contributed by atoms with E-state index < -0.39 is 0 Å². The van der Waals surface area contributed by atoms with E-state index in [1.54, 1.807) is 7.11 Å². The van der Waals surface area contributed by atoms with E-state index >= 15 is 0 Å². The van der Waals surface area contributed by atoms with Crippen LogP contribution in [0.3, 0.4) is 0 Å². The van der Waals surface area contributed by atoms with Crippen molar-refractivity contribution in [2.75, 3.05) is 27.2 Å². The number of nitrogens with zero attached hydrogens (tertiary/aromatic N) is 2. The molecular formula is C33H46N2O2. The van der Waals surface area contributed by atoms with Crippen molar-refractivity contribution in [3.05, 3.63) is 88.7 Å². The van der Waals surface area contributed by atoms with Gasteiger partial charge < -0.3 is 14.7 Å². The number of hydrogen-bond donors (Lipinski definition) is 1. The van der Waals surface area contributed by atoms with Crippen molar-refractivity contribution in [1.82, 2.24) is 9.80 Å². The molecule has 4 heteroatoms. The second-order valence-corrected chi connectivity index (χ2v) is 11.5. The Balaban J connectivity index is 1.50. The molecule has 0 fully saturated rings. The molecule has 2 aromatic carbocycles. The smallest absolute Gasteiger partial charge is 0.116 e. The molecule has 0 aromatic heterocycles. The topological polar surface area (TPSA) is 35.9 Å². The van der Waals surface area contributed by atoms with Crippen LogP contribution in [0.15, 0.2) is 66.5 Å². The highest BCUT2D eigenvalue weighted by Crippen LogP contribution is 2.38. The minimum Gasteiger partial charge on any atom is -0.508 e. The summed E-state index contributed by atoms with van der Waals surface area (Å²) in [4.78, 5) is 5.02. The lowest BCUT2D eigenvalue weighted by atomic mass is 9.72. The molecule has 0 saturated heterocycles. The van der Waals surface area contributed by atoms with Gasteiger partial charge in [0, 0.05) is 18.1 Å². The van der Waals surface area contributed by atoms with Crippen molar-refractivity contribution >= 4 is 0 Å². The number of hydrogen-bond acceptors (Lipinski definition) is 4. The van der Waals surface area contributed by atoms with Crippen LogP contribution in [-0.4, -0.2) is 53.7 Å². The fourth-order valence-electron chi connectivity index (χ4n) is 6.16. The molecule has 0 bridgehead atoms. The number of rotatable bonds is 10. The maximum Gasteiger partial charge on any atom is 0.116 e. The standard InChI is InChI=1S/C33H46N2O2/c1-7-34(5)33(3,4)22-24-9-11-25(12-10-24)23-35(8-2)32-21-30(37-6)17-18-31(32)28-14-13-27-20-29(36)16-15-26(27)19-28/h9-12,15-18,20-21,28,31-32,36H,7-8,13-14,19,22-23H2,1-6H3/t28-,31?,32?/m1/s1. The fourth-order valence-corrected chi connectivity index (χ4v) is 6.16. The first-order chi connectivity index (χ1) is 17.7. The van der Waals surface area contributed by atoms with Crippen molar-refractivity contribution in [3.63, 3.8) is 0 Å². The van der Waals surface area contributed by atoms with Crippen molar-refractivity contribution in [2.24, 2.45) is 11.8 Å². The highest BCUT2D eigenvalue weighted by Gasteiger charge is 2.34. The summed E-state index contributed by atoms with van der Waals surface area (Å²) in [5.41, 5.74) is 5.59. The molecule has 4 rings (SSSR count). The number of fused-ring (bicyclic) bond motifs is 1. The van der Waals surface area contributed by atoms with Gasteiger partial charge in [0.05, 0.1) is 7.11 Å². The third-order valence-corrected chi connectivity index (χ3v) is 8.83. The lowest BCUT2D eigenvalue weighted by molar-refractivity contribution is 0.147. The van der Waals surface area contributed by atoms with Crippen LogP contribution in [0.5, 0.6) is 5.75 Å². The quantitative estimate of drug-likeness (QED) is 0.409. The number of phenols is 1. The molecule has 4 nitrogen and oxygen atoms in total. The second kappa shape index (κ2) is 11.9. The highest BCUT2D eigenvalue weighted by atomic mass is 16.5. The third kappa shape index (κ3) is 6.48. The lowest BCUT2D eigenvalue weighted by Crippen LogP contribution is -2.43. The van der Waals surface area contributed by atoms with Gasteiger partial charge in [-0.25, -0.2) is 0 Å². The van der Waals surface area contributed by atoms with Gasteiger partial charge in [0.25, 0.3) is 0 Å².